The number of fused-ring (bicyclic) bond motifs is 2. The fourth-order valence-corrected chi connectivity index (χ4v) is 4.04. The van der Waals surface area contributed by atoms with Crippen molar-refractivity contribution in [2.24, 2.45) is 0 Å². The molecule has 0 unspecified atom stereocenters. The normalized spacial score (nSPS) is 14.5. The van der Waals surface area contributed by atoms with Crippen molar-refractivity contribution >= 4 is 33.2 Å². The molecule has 0 aliphatic carbocycles. The third kappa shape index (κ3) is 2.78. The third-order valence-electron chi connectivity index (χ3n) is 5.51. The number of halogens is 1. The van der Waals surface area contributed by atoms with Gasteiger partial charge >= 0.3 is 0 Å². The number of hydrogen-bond acceptors (Lipinski definition) is 1. The van der Waals surface area contributed by atoms with Crippen LogP contribution >= 0.6 is 0 Å². The molecule has 0 atom stereocenters. The summed E-state index contributed by atoms with van der Waals surface area (Å²) in [6, 6.07) is 18.7. The molecule has 1 amide bonds. The monoisotopic (exact) mass is 370 g/mol. The number of carbonyl (C=O) groups excluding carboxylic acids is 1. The molecule has 0 bridgehead atoms. The minimum Gasteiger partial charge on any atom is -0.360 e. The number of aromatic nitrogens is 1. The maximum Gasteiger partial charge on any atom is 0.254 e. The molecule has 138 valence electrons. The average molecular weight is 370 g/mol. The second-order valence-electron chi connectivity index (χ2n) is 7.15. The average Bonchev–Trinajstić information content (AvgIpc) is 3.16. The van der Waals surface area contributed by atoms with Gasteiger partial charge in [-0.15, -0.1) is 0 Å². The first kappa shape index (κ1) is 16.8. The van der Waals surface area contributed by atoms with Gasteiger partial charge < -0.3 is 9.88 Å². The number of rotatable bonds is 2. The molecule has 0 spiro atoms. The summed E-state index contributed by atoms with van der Waals surface area (Å²) in [6.45, 7) is 1.24. The number of nitrogens with zero attached hydrogens (tertiary/aromatic N) is 1. The molecular weight excluding hydrogens is 351 g/mol. The Morgan fingerprint density at radius 3 is 2.71 bits per heavy atom. The van der Waals surface area contributed by atoms with Crippen LogP contribution in [0.25, 0.3) is 27.2 Å². The summed E-state index contributed by atoms with van der Waals surface area (Å²) in [5.41, 5.74) is 3.83. The molecule has 0 saturated heterocycles. The number of aromatic amines is 1. The van der Waals surface area contributed by atoms with Gasteiger partial charge in [-0.25, -0.2) is 4.39 Å². The summed E-state index contributed by atoms with van der Waals surface area (Å²) >= 11 is 0. The minimum atomic E-state index is -0.245. The highest BCUT2D eigenvalue weighted by molar-refractivity contribution is 6.07. The number of carbonyl (C=O) groups is 1. The zero-order chi connectivity index (χ0) is 19.1. The Morgan fingerprint density at radius 1 is 1.00 bits per heavy atom. The van der Waals surface area contributed by atoms with E-state index in [1.807, 2.05) is 59.6 Å². The molecule has 0 saturated carbocycles. The molecule has 5 rings (SSSR count). The van der Waals surface area contributed by atoms with Crippen molar-refractivity contribution in [3.8, 4) is 0 Å². The van der Waals surface area contributed by atoms with Crippen LogP contribution in [0, 0.1) is 5.82 Å². The Hall–Kier alpha value is -3.40. The molecule has 1 aliphatic rings. The first-order valence-electron chi connectivity index (χ1n) is 9.44. The van der Waals surface area contributed by atoms with Crippen LogP contribution in [0.3, 0.4) is 0 Å². The summed E-state index contributed by atoms with van der Waals surface area (Å²) < 4.78 is 13.4. The second-order valence-corrected chi connectivity index (χ2v) is 7.15. The maximum absolute atomic E-state index is 13.4. The van der Waals surface area contributed by atoms with Gasteiger partial charge in [0.1, 0.15) is 5.82 Å². The highest BCUT2D eigenvalue weighted by atomic mass is 19.1. The van der Waals surface area contributed by atoms with E-state index in [4.69, 9.17) is 0 Å². The van der Waals surface area contributed by atoms with Crippen LogP contribution in [0.1, 0.15) is 22.3 Å². The quantitative estimate of drug-likeness (QED) is 0.505. The Kier molecular flexibility index (Phi) is 3.97. The number of nitrogens with one attached hydrogen (secondary N) is 1. The van der Waals surface area contributed by atoms with Crippen molar-refractivity contribution in [1.82, 2.24) is 9.88 Å². The van der Waals surface area contributed by atoms with Crippen LogP contribution in [0.4, 0.5) is 4.39 Å². The van der Waals surface area contributed by atoms with Crippen molar-refractivity contribution in [1.29, 1.82) is 0 Å². The zero-order valence-corrected chi connectivity index (χ0v) is 15.3. The maximum atomic E-state index is 13.4. The van der Waals surface area contributed by atoms with Crippen LogP contribution in [0.15, 0.2) is 72.9 Å². The van der Waals surface area contributed by atoms with Gasteiger partial charge in [0.2, 0.25) is 0 Å². The molecule has 28 heavy (non-hydrogen) atoms. The SMILES string of the molecule is O=C(c1cccc2ccccc12)N1CC=C(c2c[nH]c3cc(F)ccc23)CC1. The molecule has 1 N–H and O–H groups in total. The van der Waals surface area contributed by atoms with Gasteiger partial charge in [0.05, 0.1) is 0 Å². The van der Waals surface area contributed by atoms with Crippen molar-refractivity contribution in [2.75, 3.05) is 13.1 Å². The lowest BCUT2D eigenvalue weighted by Crippen LogP contribution is -2.34. The van der Waals surface area contributed by atoms with Gasteiger partial charge in [0, 0.05) is 41.3 Å². The van der Waals surface area contributed by atoms with E-state index in [1.54, 1.807) is 0 Å². The van der Waals surface area contributed by atoms with Crippen molar-refractivity contribution < 1.29 is 9.18 Å². The predicted molar refractivity (Wildman–Crippen MR) is 111 cm³/mol. The molecule has 0 radical (unpaired) electrons. The summed E-state index contributed by atoms with van der Waals surface area (Å²) in [6.07, 6.45) is 4.82. The van der Waals surface area contributed by atoms with Crippen molar-refractivity contribution in [3.05, 3.63) is 89.9 Å². The Morgan fingerprint density at radius 2 is 1.86 bits per heavy atom. The number of hydrogen-bond donors (Lipinski definition) is 1. The topological polar surface area (TPSA) is 36.1 Å². The molecule has 1 aromatic heterocycles. The molecular formula is C24H19FN2O. The first-order chi connectivity index (χ1) is 13.7. The van der Waals surface area contributed by atoms with E-state index in [1.165, 1.54) is 17.7 Å². The van der Waals surface area contributed by atoms with Crippen molar-refractivity contribution in [2.45, 2.75) is 6.42 Å². The van der Waals surface area contributed by atoms with Gasteiger partial charge in [-0.2, -0.15) is 0 Å². The molecule has 2 heterocycles. The fraction of sp³-hybridized carbons (Fsp3) is 0.125. The second kappa shape index (κ2) is 6.64. The Balaban J connectivity index is 1.42. The lowest BCUT2D eigenvalue weighted by molar-refractivity contribution is 0.0775. The minimum absolute atomic E-state index is 0.0631. The van der Waals surface area contributed by atoms with E-state index in [0.717, 1.165) is 39.2 Å². The molecule has 3 aromatic carbocycles. The highest BCUT2D eigenvalue weighted by Gasteiger charge is 2.21. The summed E-state index contributed by atoms with van der Waals surface area (Å²) in [4.78, 5) is 18.1. The predicted octanol–water partition coefficient (Wildman–Crippen LogP) is 5.39. The van der Waals surface area contributed by atoms with Crippen LogP contribution in [0.2, 0.25) is 0 Å². The first-order valence-corrected chi connectivity index (χ1v) is 9.44. The van der Waals surface area contributed by atoms with Crippen LogP contribution in [-0.4, -0.2) is 28.9 Å². The number of benzene rings is 3. The number of H-pyrrole nitrogens is 1. The van der Waals surface area contributed by atoms with E-state index in [2.05, 4.69) is 11.1 Å². The lowest BCUT2D eigenvalue weighted by Gasteiger charge is -2.27. The van der Waals surface area contributed by atoms with E-state index in [9.17, 15) is 9.18 Å². The van der Waals surface area contributed by atoms with Gasteiger partial charge in [-0.1, -0.05) is 42.5 Å². The molecule has 0 fully saturated rings. The molecule has 4 heteroatoms. The Bertz CT molecular complexity index is 1230. The fourth-order valence-electron chi connectivity index (χ4n) is 4.04. The smallest absolute Gasteiger partial charge is 0.254 e. The summed E-state index contributed by atoms with van der Waals surface area (Å²) in [5, 5.41) is 3.08. The van der Waals surface area contributed by atoms with Crippen molar-refractivity contribution in [3.63, 3.8) is 0 Å². The van der Waals surface area contributed by atoms with E-state index >= 15 is 0 Å². The molecule has 1 aliphatic heterocycles. The third-order valence-corrected chi connectivity index (χ3v) is 5.51. The van der Waals surface area contributed by atoms with E-state index in [0.29, 0.717) is 13.1 Å². The van der Waals surface area contributed by atoms with Gasteiger partial charge in [-0.3, -0.25) is 4.79 Å². The van der Waals surface area contributed by atoms with E-state index in [-0.39, 0.29) is 11.7 Å². The summed E-state index contributed by atoms with van der Waals surface area (Å²) in [7, 11) is 0. The Labute approximate surface area is 162 Å². The molecule has 4 aromatic rings. The molecule has 3 nitrogen and oxygen atoms in total. The van der Waals surface area contributed by atoms with Crippen LogP contribution < -0.4 is 0 Å². The standard InChI is InChI=1S/C24H19FN2O/c25-18-8-9-20-22(15-26-23(20)14-18)17-10-12-27(13-11-17)24(28)21-7-3-5-16-4-1-2-6-19(16)21/h1-10,14-15,26H,11-13H2. The van der Waals surface area contributed by atoms with Gasteiger partial charge in [0.25, 0.3) is 5.91 Å². The highest BCUT2D eigenvalue weighted by Crippen LogP contribution is 2.30. The van der Waals surface area contributed by atoms with Crippen LogP contribution in [0.5, 0.6) is 0 Å². The van der Waals surface area contributed by atoms with Crippen LogP contribution in [-0.2, 0) is 0 Å². The lowest BCUT2D eigenvalue weighted by atomic mass is 9.98. The number of amides is 1. The van der Waals surface area contributed by atoms with Gasteiger partial charge in [0.15, 0.2) is 0 Å². The van der Waals surface area contributed by atoms with E-state index < -0.39 is 0 Å². The largest absolute Gasteiger partial charge is 0.360 e. The summed E-state index contributed by atoms with van der Waals surface area (Å²) in [5.74, 6) is -0.182. The zero-order valence-electron chi connectivity index (χ0n) is 15.3. The van der Waals surface area contributed by atoms with Gasteiger partial charge in [-0.05, 0) is 47.0 Å².